The zero-order chi connectivity index (χ0) is 24.6. The van der Waals surface area contributed by atoms with Gasteiger partial charge in [0.2, 0.25) is 11.8 Å². The van der Waals surface area contributed by atoms with Crippen molar-refractivity contribution in [3.8, 4) is 17.4 Å². The number of piperidine rings is 1. The molecule has 2 aromatic rings. The number of para-hydroxylation sites is 2. The molecule has 0 atom stereocenters. The maximum absolute atomic E-state index is 13.2. The van der Waals surface area contributed by atoms with Crippen LogP contribution in [0.4, 0.5) is 0 Å². The smallest absolute Gasteiger partial charge is 0.259 e. The lowest BCUT2D eigenvalue weighted by Gasteiger charge is -2.33. The van der Waals surface area contributed by atoms with E-state index in [-0.39, 0.29) is 30.8 Å². The first kappa shape index (κ1) is 24.9. The van der Waals surface area contributed by atoms with Crippen LogP contribution >= 0.6 is 0 Å². The van der Waals surface area contributed by atoms with Gasteiger partial charge in [0.25, 0.3) is 5.91 Å². The minimum absolute atomic E-state index is 0.0871. The van der Waals surface area contributed by atoms with Crippen LogP contribution in [-0.4, -0.2) is 96.1 Å². The largest absolute Gasteiger partial charge is 0.488 e. The molecule has 9 heteroatoms. The van der Waals surface area contributed by atoms with Gasteiger partial charge >= 0.3 is 0 Å². The number of fused-ring (bicyclic) bond motifs is 2. The van der Waals surface area contributed by atoms with E-state index in [1.54, 1.807) is 36.3 Å². The van der Waals surface area contributed by atoms with Gasteiger partial charge in [-0.1, -0.05) is 12.1 Å². The first-order chi connectivity index (χ1) is 17.0. The third-order valence-corrected chi connectivity index (χ3v) is 6.68. The molecule has 0 aliphatic carbocycles. The molecule has 4 rings (SSSR count). The molecule has 2 amide bonds. The van der Waals surface area contributed by atoms with Crippen LogP contribution in [0, 0.1) is 5.92 Å². The summed E-state index contributed by atoms with van der Waals surface area (Å²) in [7, 11) is 1.75. The van der Waals surface area contributed by atoms with Crippen LogP contribution in [-0.2, 0) is 4.79 Å². The number of aliphatic hydroxyl groups is 1. The zero-order valence-electron chi connectivity index (χ0n) is 20.3. The monoisotopic (exact) mass is 482 g/mol. The van der Waals surface area contributed by atoms with Gasteiger partial charge in [0.05, 0.1) is 6.54 Å². The van der Waals surface area contributed by atoms with Gasteiger partial charge in [-0.2, -0.15) is 0 Å². The number of hydrogen-bond acceptors (Lipinski definition) is 7. The Morgan fingerprint density at radius 1 is 1.06 bits per heavy atom. The molecule has 0 unspecified atom stereocenters. The molecule has 188 valence electrons. The van der Waals surface area contributed by atoms with Gasteiger partial charge in [0, 0.05) is 52.6 Å². The van der Waals surface area contributed by atoms with Crippen molar-refractivity contribution in [3.05, 3.63) is 48.2 Å². The Balaban J connectivity index is 1.48. The van der Waals surface area contributed by atoms with Crippen molar-refractivity contribution >= 4 is 11.8 Å². The molecule has 0 radical (unpaired) electrons. The van der Waals surface area contributed by atoms with Crippen LogP contribution in [0.3, 0.4) is 0 Å². The second kappa shape index (κ2) is 12.0. The minimum Gasteiger partial charge on any atom is -0.488 e. The van der Waals surface area contributed by atoms with Crippen molar-refractivity contribution < 1.29 is 24.2 Å². The Morgan fingerprint density at radius 3 is 2.60 bits per heavy atom. The number of ether oxygens (including phenoxy) is 2. The fraction of sp³-hybridized carbons (Fsp3) is 0.500. The molecule has 1 N–H and O–H groups in total. The molecular weight excluding hydrogens is 448 g/mol. The van der Waals surface area contributed by atoms with Crippen molar-refractivity contribution in [3.63, 3.8) is 0 Å². The molecule has 1 saturated heterocycles. The first-order valence-electron chi connectivity index (χ1n) is 12.3. The second-order valence-electron chi connectivity index (χ2n) is 9.09. The Kier molecular flexibility index (Phi) is 8.54. The minimum atomic E-state index is -0.192. The van der Waals surface area contributed by atoms with Gasteiger partial charge in [0.1, 0.15) is 12.2 Å². The highest BCUT2D eigenvalue weighted by Gasteiger charge is 2.25. The number of carbonyl (C=O) groups excluding carboxylic acids is 2. The molecule has 1 fully saturated rings. The van der Waals surface area contributed by atoms with Crippen LogP contribution in [0.15, 0.2) is 42.6 Å². The lowest BCUT2D eigenvalue weighted by molar-refractivity contribution is -0.134. The van der Waals surface area contributed by atoms with Crippen molar-refractivity contribution in [2.75, 3.05) is 59.5 Å². The van der Waals surface area contributed by atoms with E-state index in [0.717, 1.165) is 32.4 Å². The average Bonchev–Trinajstić information content (AvgIpc) is 2.88. The predicted molar refractivity (Wildman–Crippen MR) is 131 cm³/mol. The quantitative estimate of drug-likeness (QED) is 0.714. The summed E-state index contributed by atoms with van der Waals surface area (Å²) in [5.41, 5.74) is 0.373. The van der Waals surface area contributed by atoms with Crippen LogP contribution in [0.25, 0.3) is 0 Å². The third kappa shape index (κ3) is 6.49. The molecule has 2 aliphatic rings. The Labute approximate surface area is 206 Å². The molecule has 1 aromatic heterocycles. The maximum atomic E-state index is 13.2. The Bertz CT molecular complexity index is 1010. The number of hydrogen-bond donors (Lipinski definition) is 1. The number of aromatic nitrogens is 1. The summed E-state index contributed by atoms with van der Waals surface area (Å²) in [4.78, 5) is 36.1. The number of amides is 2. The van der Waals surface area contributed by atoms with Crippen molar-refractivity contribution in [1.82, 2.24) is 19.7 Å². The first-order valence-corrected chi connectivity index (χ1v) is 12.3. The summed E-state index contributed by atoms with van der Waals surface area (Å²) in [6.45, 7) is 3.82. The number of pyridine rings is 1. The van der Waals surface area contributed by atoms with Gasteiger partial charge in [-0.05, 0) is 49.4 Å². The van der Waals surface area contributed by atoms with Gasteiger partial charge in [-0.15, -0.1) is 0 Å². The molecule has 0 spiro atoms. The average molecular weight is 483 g/mol. The number of benzene rings is 1. The van der Waals surface area contributed by atoms with Gasteiger partial charge in [-0.3, -0.25) is 14.5 Å². The molecule has 9 nitrogen and oxygen atoms in total. The molecular formula is C26H34N4O5. The number of likely N-dealkylation sites (tertiary alicyclic amines) is 1. The summed E-state index contributed by atoms with van der Waals surface area (Å²) < 4.78 is 12.0. The SMILES string of the molecule is CN1CCN(CC(=O)N2CCC(CCO)CC2)CCOc2ccccc2Oc2ncccc2C1=O. The van der Waals surface area contributed by atoms with E-state index in [9.17, 15) is 14.7 Å². The van der Waals surface area contributed by atoms with Crippen LogP contribution < -0.4 is 9.47 Å². The van der Waals surface area contributed by atoms with Gasteiger partial charge in [0.15, 0.2) is 11.5 Å². The second-order valence-corrected chi connectivity index (χ2v) is 9.09. The van der Waals surface area contributed by atoms with Crippen molar-refractivity contribution in [2.45, 2.75) is 19.3 Å². The summed E-state index contributed by atoms with van der Waals surface area (Å²) >= 11 is 0. The zero-order valence-corrected chi connectivity index (χ0v) is 20.3. The summed E-state index contributed by atoms with van der Waals surface area (Å²) in [6, 6.07) is 10.7. The highest BCUT2D eigenvalue weighted by Crippen LogP contribution is 2.32. The highest BCUT2D eigenvalue weighted by molar-refractivity contribution is 5.96. The topological polar surface area (TPSA) is 95.4 Å². The number of aliphatic hydroxyl groups excluding tert-OH is 1. The number of nitrogens with zero attached hydrogens (tertiary/aromatic N) is 4. The lowest BCUT2D eigenvalue weighted by atomic mass is 9.94. The number of rotatable bonds is 4. The van der Waals surface area contributed by atoms with Gasteiger partial charge < -0.3 is 24.4 Å². The van der Waals surface area contributed by atoms with E-state index in [0.29, 0.717) is 49.2 Å². The molecule has 35 heavy (non-hydrogen) atoms. The Hall–Kier alpha value is -3.17. The van der Waals surface area contributed by atoms with E-state index < -0.39 is 0 Å². The number of carbonyl (C=O) groups is 2. The molecule has 0 bridgehead atoms. The normalized spacial score (nSPS) is 18.3. The van der Waals surface area contributed by atoms with Crippen molar-refractivity contribution in [2.24, 2.45) is 5.92 Å². The number of likely N-dealkylation sites (N-methyl/N-ethyl adjacent to an activating group) is 1. The standard InChI is InChI=1S/C26H34N4O5/c1-28-14-15-29(19-24(32)30-12-8-20(9-13-30)10-17-31)16-18-34-22-6-2-3-7-23(22)35-25-21(26(28)33)5-4-11-27-25/h2-7,11,20,31H,8-10,12-19H2,1H3. The summed E-state index contributed by atoms with van der Waals surface area (Å²) in [5.74, 6) is 1.66. The predicted octanol–water partition coefficient (Wildman–Crippen LogP) is 2.26. The molecule has 0 saturated carbocycles. The van der Waals surface area contributed by atoms with Crippen molar-refractivity contribution in [1.29, 1.82) is 0 Å². The summed E-state index contributed by atoms with van der Waals surface area (Å²) in [6.07, 6.45) is 4.25. The molecule has 3 heterocycles. The fourth-order valence-electron chi connectivity index (χ4n) is 4.49. The van der Waals surface area contributed by atoms with Crippen LogP contribution in [0.5, 0.6) is 17.4 Å². The summed E-state index contributed by atoms with van der Waals surface area (Å²) in [5, 5.41) is 9.18. The lowest BCUT2D eigenvalue weighted by Crippen LogP contribution is -2.46. The fourth-order valence-corrected chi connectivity index (χ4v) is 4.49. The van der Waals surface area contributed by atoms with E-state index >= 15 is 0 Å². The van der Waals surface area contributed by atoms with Crippen LogP contribution in [0.2, 0.25) is 0 Å². The molecule has 1 aromatic carbocycles. The van der Waals surface area contributed by atoms with E-state index in [2.05, 4.69) is 4.98 Å². The maximum Gasteiger partial charge on any atom is 0.259 e. The Morgan fingerprint density at radius 2 is 1.83 bits per heavy atom. The third-order valence-electron chi connectivity index (χ3n) is 6.68. The van der Waals surface area contributed by atoms with Crippen LogP contribution in [0.1, 0.15) is 29.6 Å². The van der Waals surface area contributed by atoms with E-state index in [1.807, 2.05) is 28.0 Å². The molecule has 2 aliphatic heterocycles. The van der Waals surface area contributed by atoms with Gasteiger partial charge in [-0.25, -0.2) is 4.98 Å². The van der Waals surface area contributed by atoms with E-state index in [4.69, 9.17) is 9.47 Å². The highest BCUT2D eigenvalue weighted by atomic mass is 16.5. The van der Waals surface area contributed by atoms with E-state index in [1.165, 1.54) is 0 Å².